The minimum Gasteiger partial charge on any atom is -0.360 e. The van der Waals surface area contributed by atoms with E-state index in [1.54, 1.807) is 24.3 Å². The molecule has 1 atom stereocenters. The van der Waals surface area contributed by atoms with Crippen molar-refractivity contribution in [2.45, 2.75) is 25.1 Å². The highest BCUT2D eigenvalue weighted by molar-refractivity contribution is 5.48. The molecule has 0 spiro atoms. The van der Waals surface area contributed by atoms with E-state index in [4.69, 9.17) is 0 Å². The number of hydrogen-bond acceptors (Lipinski definition) is 1. The molecule has 0 saturated carbocycles. The fourth-order valence-electron chi connectivity index (χ4n) is 1.98. The Morgan fingerprint density at radius 3 is 2.80 bits per heavy atom. The first kappa shape index (κ1) is 10.3. The fraction of sp³-hybridized carbons (Fsp3) is 0.455. The van der Waals surface area contributed by atoms with Crippen LogP contribution in [0.5, 0.6) is 0 Å². The van der Waals surface area contributed by atoms with Crippen molar-refractivity contribution < 1.29 is 13.2 Å². The van der Waals surface area contributed by atoms with Crippen LogP contribution in [-0.2, 0) is 0 Å². The second kappa shape index (κ2) is 3.76. The summed E-state index contributed by atoms with van der Waals surface area (Å²) in [6.45, 7) is 0.474. The Hall–Kier alpha value is -1.19. The highest BCUT2D eigenvalue weighted by Gasteiger charge is 2.45. The van der Waals surface area contributed by atoms with Crippen molar-refractivity contribution in [1.82, 2.24) is 0 Å². The average Bonchev–Trinajstić information content (AvgIpc) is 2.67. The van der Waals surface area contributed by atoms with Crippen LogP contribution in [0.25, 0.3) is 0 Å². The summed E-state index contributed by atoms with van der Waals surface area (Å²) in [5.41, 5.74) is 0.609. The molecule has 1 aliphatic heterocycles. The zero-order valence-electron chi connectivity index (χ0n) is 8.09. The molecule has 0 aliphatic carbocycles. The largest absolute Gasteiger partial charge is 0.408 e. The van der Waals surface area contributed by atoms with Crippen molar-refractivity contribution in [1.29, 1.82) is 0 Å². The van der Waals surface area contributed by atoms with E-state index in [0.29, 0.717) is 18.7 Å². The third-order valence-corrected chi connectivity index (χ3v) is 2.65. The van der Waals surface area contributed by atoms with Gasteiger partial charge in [0.25, 0.3) is 0 Å². The fourth-order valence-corrected chi connectivity index (χ4v) is 1.98. The van der Waals surface area contributed by atoms with Crippen LogP contribution < -0.4 is 4.90 Å². The molecule has 0 aromatic heterocycles. The van der Waals surface area contributed by atoms with E-state index < -0.39 is 12.2 Å². The quantitative estimate of drug-likeness (QED) is 0.694. The minimum absolute atomic E-state index is 0.193. The maximum atomic E-state index is 12.6. The number of nitrogens with zero attached hydrogens (tertiary/aromatic N) is 1. The maximum Gasteiger partial charge on any atom is 0.408 e. The lowest BCUT2D eigenvalue weighted by molar-refractivity contribution is -0.145. The second-order valence-electron chi connectivity index (χ2n) is 3.65. The number of benzene rings is 1. The van der Waals surface area contributed by atoms with Crippen molar-refractivity contribution >= 4 is 5.69 Å². The minimum atomic E-state index is -4.13. The van der Waals surface area contributed by atoms with Crippen LogP contribution in [0.15, 0.2) is 24.3 Å². The van der Waals surface area contributed by atoms with Gasteiger partial charge in [-0.15, -0.1) is 0 Å². The Labute approximate surface area is 86.5 Å². The van der Waals surface area contributed by atoms with Gasteiger partial charge < -0.3 is 4.90 Å². The molecule has 1 aromatic carbocycles. The molecule has 4 heteroatoms. The molecule has 1 fully saturated rings. The van der Waals surface area contributed by atoms with Gasteiger partial charge in [0.2, 0.25) is 0 Å². The lowest BCUT2D eigenvalue weighted by Gasteiger charge is -2.28. The van der Waals surface area contributed by atoms with Crippen LogP contribution >= 0.6 is 0 Å². The van der Waals surface area contributed by atoms with Crippen molar-refractivity contribution in [3.63, 3.8) is 0 Å². The lowest BCUT2D eigenvalue weighted by atomic mass is 10.2. The van der Waals surface area contributed by atoms with Gasteiger partial charge in [0.05, 0.1) is 0 Å². The Bertz CT molecular complexity index is 320. The molecule has 1 aromatic rings. The molecule has 1 radical (unpaired) electrons. The van der Waals surface area contributed by atoms with Crippen molar-refractivity contribution in [2.24, 2.45) is 0 Å². The smallest absolute Gasteiger partial charge is 0.360 e. The number of halogens is 3. The molecule has 2 rings (SSSR count). The monoisotopic (exact) mass is 214 g/mol. The summed E-state index contributed by atoms with van der Waals surface area (Å²) in [4.78, 5) is 1.41. The normalized spacial score (nSPS) is 22.1. The van der Waals surface area contributed by atoms with Crippen LogP contribution in [0.3, 0.4) is 0 Å². The highest BCUT2D eigenvalue weighted by Crippen LogP contribution is 2.35. The molecule has 1 nitrogen and oxygen atoms in total. The van der Waals surface area contributed by atoms with Gasteiger partial charge in [-0.25, -0.2) is 0 Å². The summed E-state index contributed by atoms with van der Waals surface area (Å²) in [6.07, 6.45) is -3.34. The van der Waals surface area contributed by atoms with Gasteiger partial charge >= 0.3 is 6.18 Å². The molecule has 81 valence electrons. The molecule has 1 aliphatic rings. The SMILES string of the molecule is FC(F)(F)[C@@H]1CCCN1c1c[c]ccc1. The van der Waals surface area contributed by atoms with E-state index in [0.717, 1.165) is 0 Å². The van der Waals surface area contributed by atoms with Crippen LogP contribution in [-0.4, -0.2) is 18.8 Å². The zero-order valence-corrected chi connectivity index (χ0v) is 8.09. The van der Waals surface area contributed by atoms with Crippen molar-refractivity contribution in [3.05, 3.63) is 30.3 Å². The Balaban J connectivity index is 2.23. The molecule has 0 N–H and O–H groups in total. The summed E-state index contributed by atoms with van der Waals surface area (Å²) in [6, 6.07) is 8.16. The Morgan fingerprint density at radius 1 is 1.40 bits per heavy atom. The van der Waals surface area contributed by atoms with Crippen LogP contribution in [0.4, 0.5) is 18.9 Å². The summed E-state index contributed by atoms with van der Waals surface area (Å²) in [5.74, 6) is 0. The van der Waals surface area contributed by atoms with Gasteiger partial charge in [-0.3, -0.25) is 0 Å². The molecule has 1 heterocycles. The summed E-state index contributed by atoms with van der Waals surface area (Å²) in [5, 5.41) is 0. The van der Waals surface area contributed by atoms with Crippen molar-refractivity contribution in [3.8, 4) is 0 Å². The van der Waals surface area contributed by atoms with Gasteiger partial charge in [0.15, 0.2) is 0 Å². The third kappa shape index (κ3) is 2.08. The summed E-state index contributed by atoms with van der Waals surface area (Å²) < 4.78 is 37.9. The van der Waals surface area contributed by atoms with Crippen LogP contribution in [0.2, 0.25) is 0 Å². The predicted molar refractivity (Wildman–Crippen MR) is 51.7 cm³/mol. The number of hydrogen-bond donors (Lipinski definition) is 0. The molecule has 0 unspecified atom stereocenters. The molecular formula is C11H11F3N. The average molecular weight is 214 g/mol. The van der Waals surface area contributed by atoms with Gasteiger partial charge in [-0.1, -0.05) is 12.1 Å². The summed E-state index contributed by atoms with van der Waals surface area (Å²) >= 11 is 0. The standard InChI is InChI=1S/C11H11F3N/c12-11(13,14)10-7-4-8-15(10)9-5-2-1-3-6-9/h1-2,5-6,10H,4,7-8H2/t10-/m0/s1. The topological polar surface area (TPSA) is 3.24 Å². The van der Waals surface area contributed by atoms with E-state index in [-0.39, 0.29) is 6.42 Å². The highest BCUT2D eigenvalue weighted by atomic mass is 19.4. The molecule has 0 amide bonds. The first-order valence-electron chi connectivity index (χ1n) is 4.88. The molecular weight excluding hydrogens is 203 g/mol. The number of alkyl halides is 3. The molecule has 1 saturated heterocycles. The number of rotatable bonds is 1. The first-order valence-corrected chi connectivity index (χ1v) is 4.88. The Morgan fingerprint density at radius 2 is 2.20 bits per heavy atom. The van der Waals surface area contributed by atoms with Gasteiger partial charge in [-0.05, 0) is 31.0 Å². The zero-order chi connectivity index (χ0) is 10.9. The third-order valence-electron chi connectivity index (χ3n) is 2.65. The van der Waals surface area contributed by atoms with Gasteiger partial charge in [-0.2, -0.15) is 13.2 Å². The number of anilines is 1. The Kier molecular flexibility index (Phi) is 2.59. The molecule has 0 bridgehead atoms. The van der Waals surface area contributed by atoms with E-state index >= 15 is 0 Å². The first-order chi connectivity index (χ1) is 7.09. The van der Waals surface area contributed by atoms with E-state index in [1.807, 2.05) is 0 Å². The van der Waals surface area contributed by atoms with E-state index in [9.17, 15) is 13.2 Å². The summed E-state index contributed by atoms with van der Waals surface area (Å²) in [7, 11) is 0. The lowest BCUT2D eigenvalue weighted by Crippen LogP contribution is -2.41. The van der Waals surface area contributed by atoms with Gasteiger partial charge in [0, 0.05) is 12.2 Å². The van der Waals surface area contributed by atoms with E-state index in [1.165, 1.54) is 4.90 Å². The van der Waals surface area contributed by atoms with E-state index in [2.05, 4.69) is 6.07 Å². The van der Waals surface area contributed by atoms with Crippen LogP contribution in [0, 0.1) is 6.07 Å². The van der Waals surface area contributed by atoms with Gasteiger partial charge in [0.1, 0.15) is 6.04 Å². The predicted octanol–water partition coefficient (Wildman–Crippen LogP) is 3.02. The van der Waals surface area contributed by atoms with Crippen LogP contribution in [0.1, 0.15) is 12.8 Å². The van der Waals surface area contributed by atoms with Crippen molar-refractivity contribution in [2.75, 3.05) is 11.4 Å². The maximum absolute atomic E-state index is 12.6. The second-order valence-corrected chi connectivity index (χ2v) is 3.65. The molecule has 15 heavy (non-hydrogen) atoms.